The number of hydrogen-bond acceptors (Lipinski definition) is 26. The van der Waals surface area contributed by atoms with Gasteiger partial charge in [-0.05, 0) is 95.8 Å². The van der Waals surface area contributed by atoms with Gasteiger partial charge in [-0.2, -0.15) is 15.0 Å². The summed E-state index contributed by atoms with van der Waals surface area (Å²) in [6, 6.07) is 15.3. The Kier molecular flexibility index (Phi) is 52.7. The van der Waals surface area contributed by atoms with Gasteiger partial charge in [0, 0.05) is 65.5 Å². The van der Waals surface area contributed by atoms with E-state index in [9.17, 15) is 19.2 Å². The number of nitrogens with zero attached hydrogens (tertiary/aromatic N) is 7. The number of ketones is 2. The number of nitrogens with one attached hydrogen (secondary N) is 2. The van der Waals surface area contributed by atoms with Crippen LogP contribution in [0.15, 0.2) is 73.2 Å². The number of aromatic nitrogens is 6. The number of halogens is 7. The number of Topliss-reactive ketones (excluding diaryl/α,β-unsaturated/α-hetero) is 2. The summed E-state index contributed by atoms with van der Waals surface area (Å²) in [5.74, 6) is 1.58. The number of carbonyl (C=O) groups is 6. The van der Waals surface area contributed by atoms with Gasteiger partial charge in [0.05, 0.1) is 61.3 Å². The van der Waals surface area contributed by atoms with Gasteiger partial charge < -0.3 is 65.8 Å². The van der Waals surface area contributed by atoms with Gasteiger partial charge in [0.15, 0.2) is 47.1 Å². The Morgan fingerprint density at radius 1 is 0.733 bits per heavy atom. The molecule has 6 aromatic rings. The molecule has 4 heterocycles. The summed E-state index contributed by atoms with van der Waals surface area (Å²) in [5.41, 5.74) is 1.81. The average molecular weight is 1630 g/mol. The number of ether oxygens (including phenoxy) is 5. The minimum absolute atomic E-state index is 0. The van der Waals surface area contributed by atoms with E-state index in [1.807, 2.05) is 24.1 Å². The van der Waals surface area contributed by atoms with Gasteiger partial charge in [-0.25, -0.2) is 34.3 Å². The fraction of sp³-hybridized carbons (Fsp3) is 0.265. The Morgan fingerprint density at radius 2 is 1.15 bits per heavy atom. The van der Waals surface area contributed by atoms with E-state index in [0.29, 0.717) is 79.0 Å². The fourth-order valence-electron chi connectivity index (χ4n) is 5.61. The molecule has 0 amide bonds. The van der Waals surface area contributed by atoms with Gasteiger partial charge in [0.25, 0.3) is 6.47 Å². The van der Waals surface area contributed by atoms with Crippen LogP contribution >= 0.6 is 85.5 Å². The van der Waals surface area contributed by atoms with Crippen molar-refractivity contribution in [1.82, 2.24) is 29.9 Å². The molecular weight excluding hydrogens is 1580 g/mol. The van der Waals surface area contributed by atoms with Crippen molar-refractivity contribution in [1.29, 1.82) is 0 Å². The molecule has 26 nitrogen and oxygen atoms in total. The number of rotatable bonds is 13. The Morgan fingerprint density at radius 3 is 1.56 bits per heavy atom. The molecule has 3 N–H and O–H groups in total. The zero-order chi connectivity index (χ0) is 62.1. The molecule has 449 valence electrons. The van der Waals surface area contributed by atoms with Crippen LogP contribution < -0.4 is 217 Å². The van der Waals surface area contributed by atoms with Gasteiger partial charge in [-0.1, -0.05) is 56.8 Å². The number of fused-ring (bicyclic) bond motifs is 1. The molecule has 86 heavy (non-hydrogen) atoms. The van der Waals surface area contributed by atoms with Crippen molar-refractivity contribution >= 4 is 147 Å². The second kappa shape index (κ2) is 50.3. The summed E-state index contributed by atoms with van der Waals surface area (Å²) in [6.45, 7) is 3.33. The van der Waals surface area contributed by atoms with E-state index in [1.54, 1.807) is 77.0 Å². The van der Waals surface area contributed by atoms with E-state index in [2.05, 4.69) is 71.1 Å². The first-order chi connectivity index (χ1) is 38.8. The Bertz CT molecular complexity index is 3090. The predicted molar refractivity (Wildman–Crippen MR) is 309 cm³/mol. The smallest absolute Gasteiger partial charge is 1.00 e. The molecule has 0 bridgehead atoms. The summed E-state index contributed by atoms with van der Waals surface area (Å²) in [5, 5.41) is 33.8. The van der Waals surface area contributed by atoms with Crippen LogP contribution in [0.3, 0.4) is 0 Å². The van der Waals surface area contributed by atoms with Crippen LogP contribution in [0.25, 0.3) is 0 Å². The molecule has 1 atom stereocenters. The Balaban J connectivity index is -0.000000319. The van der Waals surface area contributed by atoms with Crippen LogP contribution in [-0.2, 0) is 33.8 Å². The Labute approximate surface area is 675 Å². The topological polar surface area (TPSA) is 347 Å². The molecule has 3 aromatic heterocycles. The first kappa shape index (κ1) is 90.1. The average Bonchev–Trinajstić information content (AvgIpc) is 2.12. The number of benzene rings is 3. The molecule has 0 spiro atoms. The molecule has 7 rings (SSSR count). The number of anilines is 3. The molecule has 1 aliphatic heterocycles. The van der Waals surface area contributed by atoms with Gasteiger partial charge in [0.2, 0.25) is 21.6 Å². The number of aliphatic carboxylic acids is 1. The number of carboxylic acid groups (broad SMARTS) is 1. The number of aromatic hydroxyl groups is 1. The second-order valence-corrected chi connectivity index (χ2v) is 17.5. The number of methoxy groups -OCH3 is 3. The van der Waals surface area contributed by atoms with Crippen LogP contribution in [0.4, 0.5) is 17.5 Å². The minimum Gasteiger partial charge on any atom is -1.00 e. The maximum atomic E-state index is 12.2. The van der Waals surface area contributed by atoms with Crippen molar-refractivity contribution in [3.63, 3.8) is 0 Å². The molecule has 1 aliphatic rings. The molecule has 1 unspecified atom stereocenters. The largest absolute Gasteiger partial charge is 1.00 e. The zero-order valence-electron chi connectivity index (χ0n) is 49.0. The minimum atomic E-state index is -1.08. The van der Waals surface area contributed by atoms with Crippen LogP contribution in [0.2, 0.25) is 30.9 Å². The van der Waals surface area contributed by atoms with E-state index in [1.165, 1.54) is 19.5 Å². The van der Waals surface area contributed by atoms with Gasteiger partial charge in [-0.3, -0.25) is 14.4 Å². The third-order valence-electron chi connectivity index (χ3n) is 9.16. The van der Waals surface area contributed by atoms with Gasteiger partial charge >= 0.3 is 179 Å². The van der Waals surface area contributed by atoms with Crippen molar-refractivity contribution < 1.29 is 251 Å². The number of carbonyl (C=O) groups excluding carboxylic acids is 6. The molecule has 0 saturated heterocycles. The standard InChI is InChI=1S/C14H13Cl2N3O3.C14H13Cl2N3O2.C9H8BrClO2.C5H6ClN3O.C4H6O4.C2H4O2.CH2O3.B.2Cs.Na.H/c1-17-13-12(6-18-14(16)19-13)22-7-11(20)9-4-3-8(21-2)5-10(9)15;1-19-11(9-4-3-8(20-2)5-10(9)15)7-21-12-6-17-14(16)18-13(12)19;1-13-6-2-3-7(8(11)4-6)9(12)5-10;1-7-4-3(10)2-8-5(6)9-4;1-3(5)7-8-4(2)6;1-2(3)4;2-1-4-3;;;;;/h3-6H,7H2,1-2H3,(H,17,18,19);3-6,11H,7H2,1-2H3;2-4H,5H2,1H3;2,10H,1H3,(H,7,8,9);1-2H3;1H3,(H,3,4);1,3H;;;;;/q;;;;;;;;3*+1;-1/p-2. The van der Waals surface area contributed by atoms with Crippen LogP contribution in [0.1, 0.15) is 54.5 Å². The number of alkyl halides is 1. The summed E-state index contributed by atoms with van der Waals surface area (Å²) >= 11 is 38.3. The Hall–Kier alpha value is -2.33. The molecular formula is C49H51BBrCl6Cs2N9NaO17. The van der Waals surface area contributed by atoms with Crippen LogP contribution in [0.5, 0.6) is 34.5 Å². The normalized spacial score (nSPS) is 10.6. The third kappa shape index (κ3) is 34.7. The van der Waals surface area contributed by atoms with Gasteiger partial charge in [0.1, 0.15) is 23.9 Å². The molecule has 0 saturated carbocycles. The van der Waals surface area contributed by atoms with E-state index in [-0.39, 0.29) is 235 Å². The van der Waals surface area contributed by atoms with E-state index in [0.717, 1.165) is 26.3 Å². The van der Waals surface area contributed by atoms with Crippen molar-refractivity contribution in [2.24, 2.45) is 0 Å². The molecule has 0 fully saturated rings. The SMILES string of the molecule is CC(=O)OOC(C)=O.CC(=O)[O-].CNc1nc(Cl)ncc1O.CNc1nc(Cl)ncc1OCC(=O)c1ccc(OC)cc1Cl.COc1ccc(C(=O)CBr)c(Cl)c1.COc1ccc(C2COc3cnc(Cl)nc3N2C)c(Cl)c1.O=CO[O-].[B].[Cs+].[Cs+].[H-].[Na+]. The van der Waals surface area contributed by atoms with Crippen LogP contribution in [-0.4, -0.2) is 140 Å². The first-order valence-corrected chi connectivity index (χ1v) is 25.7. The van der Waals surface area contributed by atoms with E-state index < -0.39 is 17.9 Å². The predicted octanol–water partition coefficient (Wildman–Crippen LogP) is -1.78. The maximum Gasteiger partial charge on any atom is 1.00 e. The summed E-state index contributed by atoms with van der Waals surface area (Å²) in [6.07, 6.45) is 4.21. The summed E-state index contributed by atoms with van der Waals surface area (Å²) in [7, 11) is 9.91. The summed E-state index contributed by atoms with van der Waals surface area (Å²) in [4.78, 5) is 96.0. The third-order valence-corrected chi connectivity index (χ3v) is 11.2. The van der Waals surface area contributed by atoms with Gasteiger partial charge in [-0.15, -0.1) is 0 Å². The molecule has 3 radical (unpaired) electrons. The number of carboxylic acids is 1. The molecule has 3 aromatic carbocycles. The quantitative estimate of drug-likeness (QED) is 0.0219. The van der Waals surface area contributed by atoms with Crippen molar-refractivity contribution in [2.45, 2.75) is 26.8 Å². The summed E-state index contributed by atoms with van der Waals surface area (Å²) < 4.78 is 26.3. The first-order valence-electron chi connectivity index (χ1n) is 22.3. The number of likely N-dealkylation sites (N-methyl/N-ethyl adjacent to an activating group) is 1. The monoisotopic (exact) mass is 1630 g/mol. The second-order valence-electron chi connectivity index (χ2n) is 14.7. The maximum absolute atomic E-state index is 12.2. The zero-order valence-corrected chi connectivity index (χ0v) is 68.7. The van der Waals surface area contributed by atoms with Crippen molar-refractivity contribution in [3.8, 4) is 34.5 Å². The van der Waals surface area contributed by atoms with Crippen molar-refractivity contribution in [3.05, 3.63) is 121 Å². The van der Waals surface area contributed by atoms with E-state index >= 15 is 0 Å². The number of hydrogen-bond donors (Lipinski definition) is 3. The van der Waals surface area contributed by atoms with E-state index in [4.69, 9.17) is 118 Å². The fourth-order valence-corrected chi connectivity index (χ4v) is 7.15. The van der Waals surface area contributed by atoms with Crippen molar-refractivity contribution in [2.75, 3.05) is 76.5 Å². The molecule has 0 aliphatic carbocycles. The van der Waals surface area contributed by atoms with Crippen LogP contribution in [0, 0.1) is 0 Å². The molecule has 37 heteroatoms.